The van der Waals surface area contributed by atoms with Gasteiger partial charge >= 0.3 is 5.97 Å². The monoisotopic (exact) mass is 368 g/mol. The van der Waals surface area contributed by atoms with Crippen LogP contribution in [-0.2, 0) is 9.53 Å². The van der Waals surface area contributed by atoms with Crippen molar-refractivity contribution in [3.05, 3.63) is 53.6 Å². The van der Waals surface area contributed by atoms with Gasteiger partial charge in [-0.05, 0) is 42.8 Å². The average molecular weight is 368 g/mol. The van der Waals surface area contributed by atoms with Crippen LogP contribution in [0.4, 0.5) is 5.69 Å². The number of hydrogen-bond acceptors (Lipinski definition) is 6. The molecular weight excluding hydrogens is 344 g/mol. The van der Waals surface area contributed by atoms with Crippen molar-refractivity contribution in [2.75, 3.05) is 40.0 Å². The van der Waals surface area contributed by atoms with Crippen LogP contribution < -0.4 is 9.47 Å². The number of carbonyl (C=O) groups excluding carboxylic acids is 1. The van der Waals surface area contributed by atoms with Crippen LogP contribution in [0.2, 0.25) is 0 Å². The van der Waals surface area contributed by atoms with Crippen molar-refractivity contribution in [3.63, 3.8) is 0 Å². The van der Waals surface area contributed by atoms with E-state index in [2.05, 4.69) is 4.99 Å². The first-order valence-corrected chi connectivity index (χ1v) is 8.93. The first kappa shape index (κ1) is 19.1. The first-order chi connectivity index (χ1) is 13.1. The van der Waals surface area contributed by atoms with Crippen LogP contribution in [0.1, 0.15) is 11.1 Å². The van der Waals surface area contributed by atoms with Gasteiger partial charge in [-0.1, -0.05) is 17.7 Å². The van der Waals surface area contributed by atoms with Gasteiger partial charge in [-0.2, -0.15) is 0 Å². The lowest BCUT2D eigenvalue weighted by atomic mass is 10.2. The van der Waals surface area contributed by atoms with E-state index in [4.69, 9.17) is 14.2 Å². The largest absolute Gasteiger partial charge is 0.493 e. The highest BCUT2D eigenvalue weighted by Gasteiger charge is 2.17. The highest BCUT2D eigenvalue weighted by molar-refractivity contribution is 5.83. The van der Waals surface area contributed by atoms with E-state index in [-0.39, 0.29) is 12.5 Å². The second-order valence-corrected chi connectivity index (χ2v) is 6.37. The molecule has 2 aromatic carbocycles. The van der Waals surface area contributed by atoms with E-state index >= 15 is 0 Å². The quantitative estimate of drug-likeness (QED) is 0.446. The smallest absolute Gasteiger partial charge is 0.325 e. The third kappa shape index (κ3) is 5.64. The fraction of sp³-hybridized carbons (Fsp3) is 0.333. The van der Waals surface area contributed by atoms with Crippen LogP contribution in [0.25, 0.3) is 0 Å². The van der Waals surface area contributed by atoms with E-state index in [1.54, 1.807) is 25.5 Å². The van der Waals surface area contributed by atoms with Gasteiger partial charge in [0.2, 0.25) is 0 Å². The minimum Gasteiger partial charge on any atom is -0.493 e. The van der Waals surface area contributed by atoms with Gasteiger partial charge in [0.15, 0.2) is 11.5 Å². The molecule has 3 rings (SSSR count). The Kier molecular flexibility index (Phi) is 6.57. The fourth-order valence-corrected chi connectivity index (χ4v) is 2.73. The van der Waals surface area contributed by atoms with E-state index in [9.17, 15) is 4.79 Å². The van der Waals surface area contributed by atoms with E-state index in [0.29, 0.717) is 24.7 Å². The summed E-state index contributed by atoms with van der Waals surface area (Å²) in [5.74, 6) is 0.595. The van der Waals surface area contributed by atoms with E-state index in [1.165, 1.54) is 5.56 Å². The third-order valence-electron chi connectivity index (χ3n) is 4.26. The molecule has 1 aliphatic heterocycles. The lowest BCUT2D eigenvalue weighted by molar-refractivity contribution is -0.136. The lowest BCUT2D eigenvalue weighted by Crippen LogP contribution is -2.40. The number of hydrogen-bond donors (Lipinski definition) is 0. The summed E-state index contributed by atoms with van der Waals surface area (Å²) in [5, 5.41) is 0. The average Bonchev–Trinajstić information content (AvgIpc) is 2.69. The van der Waals surface area contributed by atoms with Gasteiger partial charge in [-0.3, -0.25) is 14.7 Å². The maximum absolute atomic E-state index is 12.2. The Bertz CT molecular complexity index is 796. The normalized spacial score (nSPS) is 15.0. The summed E-state index contributed by atoms with van der Waals surface area (Å²) < 4.78 is 16.1. The number of aliphatic imine (C=N–C) groups is 1. The molecule has 0 atom stereocenters. The molecule has 0 aliphatic carbocycles. The van der Waals surface area contributed by atoms with Crippen LogP contribution in [0.3, 0.4) is 0 Å². The Labute approximate surface area is 159 Å². The second kappa shape index (κ2) is 9.30. The van der Waals surface area contributed by atoms with Crippen LogP contribution >= 0.6 is 0 Å². The van der Waals surface area contributed by atoms with Gasteiger partial charge in [-0.15, -0.1) is 0 Å². The number of morpholine rings is 1. The predicted octanol–water partition coefficient (Wildman–Crippen LogP) is 2.99. The molecule has 1 saturated heterocycles. The van der Waals surface area contributed by atoms with Crippen molar-refractivity contribution in [2.24, 2.45) is 4.99 Å². The molecule has 1 fully saturated rings. The summed E-state index contributed by atoms with van der Waals surface area (Å²) in [6.07, 6.45) is 1.76. The molecule has 142 valence electrons. The van der Waals surface area contributed by atoms with E-state index in [1.807, 2.05) is 42.2 Å². The van der Waals surface area contributed by atoms with Gasteiger partial charge in [0.1, 0.15) is 0 Å². The molecule has 0 saturated carbocycles. The fourth-order valence-electron chi connectivity index (χ4n) is 2.73. The third-order valence-corrected chi connectivity index (χ3v) is 4.26. The summed E-state index contributed by atoms with van der Waals surface area (Å²) >= 11 is 0. The Balaban J connectivity index is 1.64. The van der Waals surface area contributed by atoms with Gasteiger partial charge in [0.25, 0.3) is 0 Å². The summed E-state index contributed by atoms with van der Waals surface area (Å²) in [4.78, 5) is 18.7. The lowest BCUT2D eigenvalue weighted by Gasteiger charge is -2.25. The molecule has 0 aromatic heterocycles. The molecule has 0 radical (unpaired) electrons. The summed E-state index contributed by atoms with van der Waals surface area (Å²) in [7, 11) is 1.55. The standard InChI is InChI=1S/C21H24N2O4/c1-16-3-6-18(7-4-16)22-14-17-5-8-19(20(13-17)25-2)27-21(24)15-23-9-11-26-12-10-23/h3-8,13-14H,9-12,15H2,1-2H3. The number of esters is 1. The molecule has 6 heteroatoms. The zero-order valence-corrected chi connectivity index (χ0v) is 15.7. The zero-order valence-electron chi connectivity index (χ0n) is 15.7. The number of carbonyl (C=O) groups is 1. The van der Waals surface area contributed by atoms with Gasteiger partial charge in [0.05, 0.1) is 32.6 Å². The molecule has 0 unspecified atom stereocenters. The summed E-state index contributed by atoms with van der Waals surface area (Å²) in [6.45, 7) is 5.04. The minimum atomic E-state index is -0.309. The number of ether oxygens (including phenoxy) is 3. The highest BCUT2D eigenvalue weighted by atomic mass is 16.6. The first-order valence-electron chi connectivity index (χ1n) is 8.93. The number of benzene rings is 2. The molecule has 27 heavy (non-hydrogen) atoms. The van der Waals surface area contributed by atoms with Gasteiger partial charge in [-0.25, -0.2) is 0 Å². The predicted molar refractivity (Wildman–Crippen MR) is 104 cm³/mol. The van der Waals surface area contributed by atoms with Gasteiger partial charge < -0.3 is 14.2 Å². The molecule has 0 N–H and O–H groups in total. The van der Waals surface area contributed by atoms with E-state index in [0.717, 1.165) is 24.3 Å². The Morgan fingerprint density at radius 2 is 1.89 bits per heavy atom. The topological polar surface area (TPSA) is 60.4 Å². The summed E-state index contributed by atoms with van der Waals surface area (Å²) in [5.41, 5.74) is 2.93. The summed E-state index contributed by atoms with van der Waals surface area (Å²) in [6, 6.07) is 13.3. The second-order valence-electron chi connectivity index (χ2n) is 6.37. The van der Waals surface area contributed by atoms with Crippen molar-refractivity contribution in [1.82, 2.24) is 4.90 Å². The van der Waals surface area contributed by atoms with Gasteiger partial charge in [0, 0.05) is 19.3 Å². The van der Waals surface area contributed by atoms with Crippen molar-refractivity contribution < 1.29 is 19.0 Å². The Morgan fingerprint density at radius 1 is 1.15 bits per heavy atom. The molecule has 1 heterocycles. The number of rotatable bonds is 6. The maximum Gasteiger partial charge on any atom is 0.325 e. The van der Waals surface area contributed by atoms with Crippen LogP contribution in [0.15, 0.2) is 47.5 Å². The molecule has 0 spiro atoms. The SMILES string of the molecule is COc1cc(C=Nc2ccc(C)cc2)ccc1OC(=O)CN1CCOCC1. The molecule has 6 nitrogen and oxygen atoms in total. The van der Waals surface area contributed by atoms with Crippen LogP contribution in [0.5, 0.6) is 11.5 Å². The molecule has 2 aromatic rings. The molecule has 1 aliphatic rings. The number of aryl methyl sites for hydroxylation is 1. The molecule has 0 bridgehead atoms. The molecule has 0 amide bonds. The Hall–Kier alpha value is -2.70. The van der Waals surface area contributed by atoms with Crippen molar-refractivity contribution in [1.29, 1.82) is 0 Å². The number of methoxy groups -OCH3 is 1. The maximum atomic E-state index is 12.2. The van der Waals surface area contributed by atoms with Crippen LogP contribution in [0, 0.1) is 6.92 Å². The van der Waals surface area contributed by atoms with Crippen molar-refractivity contribution >= 4 is 17.9 Å². The minimum absolute atomic E-state index is 0.239. The zero-order chi connectivity index (χ0) is 19.1. The van der Waals surface area contributed by atoms with Crippen molar-refractivity contribution in [2.45, 2.75) is 6.92 Å². The Morgan fingerprint density at radius 3 is 2.59 bits per heavy atom. The van der Waals surface area contributed by atoms with E-state index < -0.39 is 0 Å². The van der Waals surface area contributed by atoms with Crippen LogP contribution in [-0.4, -0.2) is 57.0 Å². The van der Waals surface area contributed by atoms with Crippen molar-refractivity contribution in [3.8, 4) is 11.5 Å². The highest BCUT2D eigenvalue weighted by Crippen LogP contribution is 2.28. The molecular formula is C21H24N2O4. The number of nitrogens with zero attached hydrogens (tertiary/aromatic N) is 2.